The minimum absolute atomic E-state index is 0.0421. The molecule has 8 heteroatoms. The van der Waals surface area contributed by atoms with Gasteiger partial charge in [-0.3, -0.25) is 0 Å². The monoisotopic (exact) mass is 317 g/mol. The summed E-state index contributed by atoms with van der Waals surface area (Å²) in [7, 11) is 1.14. The fourth-order valence-electron chi connectivity index (χ4n) is 1.94. The molecule has 1 aromatic carbocycles. The first-order valence-corrected chi connectivity index (χ1v) is 6.48. The van der Waals surface area contributed by atoms with Crippen LogP contribution in [0.4, 0.5) is 9.18 Å². The highest BCUT2D eigenvalue weighted by atomic mass is 35.5. The maximum atomic E-state index is 13.7. The lowest BCUT2D eigenvalue weighted by Crippen LogP contribution is -2.51. The SMILES string of the molecule is COC(=O)c1cc(Cl)c(OCC2CN(C(=O)O)C2)cc1F. The van der Waals surface area contributed by atoms with Gasteiger partial charge in [0.05, 0.1) is 24.3 Å². The van der Waals surface area contributed by atoms with Gasteiger partial charge in [0.1, 0.15) is 11.6 Å². The molecule has 2 rings (SSSR count). The van der Waals surface area contributed by atoms with Gasteiger partial charge in [-0.1, -0.05) is 11.6 Å². The van der Waals surface area contributed by atoms with E-state index in [0.717, 1.165) is 19.2 Å². The van der Waals surface area contributed by atoms with Crippen molar-refractivity contribution in [1.29, 1.82) is 0 Å². The number of esters is 1. The lowest BCUT2D eigenvalue weighted by atomic mass is 10.0. The summed E-state index contributed by atoms with van der Waals surface area (Å²) >= 11 is 5.92. The van der Waals surface area contributed by atoms with Gasteiger partial charge in [0.15, 0.2) is 0 Å². The first-order valence-electron chi connectivity index (χ1n) is 6.10. The molecule has 1 saturated heterocycles. The van der Waals surface area contributed by atoms with Crippen LogP contribution in [0, 0.1) is 11.7 Å². The zero-order chi connectivity index (χ0) is 15.6. The molecule has 1 aliphatic heterocycles. The van der Waals surface area contributed by atoms with E-state index in [-0.39, 0.29) is 28.9 Å². The predicted molar refractivity (Wildman–Crippen MR) is 71.3 cm³/mol. The number of benzene rings is 1. The summed E-state index contributed by atoms with van der Waals surface area (Å²) in [6, 6.07) is 2.16. The highest BCUT2D eigenvalue weighted by molar-refractivity contribution is 6.32. The Labute approximate surface area is 125 Å². The van der Waals surface area contributed by atoms with Crippen LogP contribution in [0.1, 0.15) is 10.4 Å². The molecule has 21 heavy (non-hydrogen) atoms. The van der Waals surface area contributed by atoms with Crippen molar-refractivity contribution in [1.82, 2.24) is 4.90 Å². The van der Waals surface area contributed by atoms with Crippen molar-refractivity contribution in [2.75, 3.05) is 26.8 Å². The minimum Gasteiger partial charge on any atom is -0.491 e. The number of rotatable bonds is 4. The second-order valence-electron chi connectivity index (χ2n) is 4.62. The molecule has 0 aliphatic carbocycles. The molecule has 0 bridgehead atoms. The minimum atomic E-state index is -0.974. The molecule has 1 fully saturated rings. The third kappa shape index (κ3) is 3.36. The molecule has 1 aromatic rings. The molecule has 6 nitrogen and oxygen atoms in total. The largest absolute Gasteiger partial charge is 0.491 e. The fraction of sp³-hybridized carbons (Fsp3) is 0.385. The van der Waals surface area contributed by atoms with Crippen LogP contribution in [0.25, 0.3) is 0 Å². The van der Waals surface area contributed by atoms with Gasteiger partial charge in [-0.25, -0.2) is 14.0 Å². The summed E-state index contributed by atoms with van der Waals surface area (Å²) in [6.45, 7) is 0.964. The van der Waals surface area contributed by atoms with Crippen LogP contribution in [0.5, 0.6) is 5.75 Å². The second-order valence-corrected chi connectivity index (χ2v) is 5.03. The molecule has 0 radical (unpaired) electrons. The van der Waals surface area contributed by atoms with Gasteiger partial charge in [-0.2, -0.15) is 0 Å². The number of likely N-dealkylation sites (tertiary alicyclic amines) is 1. The van der Waals surface area contributed by atoms with Crippen molar-refractivity contribution in [2.45, 2.75) is 0 Å². The Morgan fingerprint density at radius 2 is 2.14 bits per heavy atom. The number of hydrogen-bond acceptors (Lipinski definition) is 4. The van der Waals surface area contributed by atoms with E-state index < -0.39 is 17.9 Å². The molecule has 1 heterocycles. The van der Waals surface area contributed by atoms with Crippen molar-refractivity contribution < 1.29 is 28.6 Å². The Bertz CT molecular complexity index is 574. The number of nitrogens with zero attached hydrogens (tertiary/aromatic N) is 1. The van der Waals surface area contributed by atoms with Crippen LogP contribution < -0.4 is 4.74 Å². The zero-order valence-electron chi connectivity index (χ0n) is 11.1. The summed E-state index contributed by atoms with van der Waals surface area (Å²) < 4.78 is 23.5. The number of carboxylic acid groups (broad SMARTS) is 1. The van der Waals surface area contributed by atoms with E-state index in [2.05, 4.69) is 4.74 Å². The van der Waals surface area contributed by atoms with E-state index in [0.29, 0.717) is 13.1 Å². The quantitative estimate of drug-likeness (QED) is 0.862. The molecule has 114 valence electrons. The molecule has 0 unspecified atom stereocenters. The van der Waals surface area contributed by atoms with Gasteiger partial charge in [-0.15, -0.1) is 0 Å². The van der Waals surface area contributed by atoms with Gasteiger partial charge in [0.25, 0.3) is 0 Å². The molecule has 0 spiro atoms. The van der Waals surface area contributed by atoms with Crippen molar-refractivity contribution >= 4 is 23.7 Å². The average molecular weight is 318 g/mol. The lowest BCUT2D eigenvalue weighted by molar-refractivity contribution is 0.0585. The molecule has 1 aliphatic rings. The van der Waals surface area contributed by atoms with Gasteiger partial charge < -0.3 is 19.5 Å². The number of amides is 1. The Morgan fingerprint density at radius 3 is 2.71 bits per heavy atom. The Hall–Kier alpha value is -2.02. The number of ether oxygens (including phenoxy) is 2. The molecule has 0 saturated carbocycles. The van der Waals surface area contributed by atoms with Gasteiger partial charge in [-0.05, 0) is 6.07 Å². The van der Waals surface area contributed by atoms with Gasteiger partial charge >= 0.3 is 12.1 Å². The Morgan fingerprint density at radius 1 is 1.48 bits per heavy atom. The molecular weight excluding hydrogens is 305 g/mol. The van der Waals surface area contributed by atoms with E-state index >= 15 is 0 Å². The van der Waals surface area contributed by atoms with Crippen molar-refractivity contribution in [3.63, 3.8) is 0 Å². The maximum Gasteiger partial charge on any atom is 0.407 e. The smallest absolute Gasteiger partial charge is 0.407 e. The highest BCUT2D eigenvalue weighted by Crippen LogP contribution is 2.29. The summed E-state index contributed by atoms with van der Waals surface area (Å²) in [6.07, 6.45) is -0.974. The topological polar surface area (TPSA) is 76.1 Å². The Balaban J connectivity index is 1.97. The second kappa shape index (κ2) is 6.17. The first kappa shape index (κ1) is 15.4. The number of methoxy groups -OCH3 is 1. The normalized spacial score (nSPS) is 14.5. The summed E-state index contributed by atoms with van der Waals surface area (Å²) in [4.78, 5) is 23.1. The van der Waals surface area contributed by atoms with Crippen molar-refractivity contribution in [3.05, 3.63) is 28.5 Å². The lowest BCUT2D eigenvalue weighted by Gasteiger charge is -2.36. The van der Waals surface area contributed by atoms with Crippen LogP contribution in [0.15, 0.2) is 12.1 Å². The Kier molecular flexibility index (Phi) is 4.52. The van der Waals surface area contributed by atoms with Crippen LogP contribution >= 0.6 is 11.6 Å². The average Bonchev–Trinajstić information content (AvgIpc) is 2.38. The molecule has 1 N–H and O–H groups in total. The van der Waals surface area contributed by atoms with E-state index in [1.165, 1.54) is 4.90 Å². The van der Waals surface area contributed by atoms with E-state index in [1.54, 1.807) is 0 Å². The molecular formula is C13H13ClFNO5. The maximum absolute atomic E-state index is 13.7. The molecule has 0 atom stereocenters. The number of carbonyl (C=O) groups is 2. The van der Waals surface area contributed by atoms with Crippen molar-refractivity contribution in [2.24, 2.45) is 5.92 Å². The third-order valence-electron chi connectivity index (χ3n) is 3.13. The molecule has 1 amide bonds. The van der Waals surface area contributed by atoms with Crippen molar-refractivity contribution in [3.8, 4) is 5.75 Å². The number of halogens is 2. The first-order chi connectivity index (χ1) is 9.92. The molecule has 0 aromatic heterocycles. The summed E-state index contributed by atoms with van der Waals surface area (Å²) in [5.41, 5.74) is -0.268. The van der Waals surface area contributed by atoms with Crippen LogP contribution in [-0.4, -0.2) is 48.9 Å². The summed E-state index contributed by atoms with van der Waals surface area (Å²) in [5.74, 6) is -1.46. The van der Waals surface area contributed by atoms with Crippen LogP contribution in [0.3, 0.4) is 0 Å². The number of hydrogen-bond donors (Lipinski definition) is 1. The number of carbonyl (C=O) groups excluding carboxylic acids is 1. The summed E-state index contributed by atoms with van der Waals surface area (Å²) in [5, 5.41) is 8.78. The van der Waals surface area contributed by atoms with E-state index in [9.17, 15) is 14.0 Å². The van der Waals surface area contributed by atoms with E-state index in [4.69, 9.17) is 21.4 Å². The van der Waals surface area contributed by atoms with Crippen LogP contribution in [0.2, 0.25) is 5.02 Å². The van der Waals surface area contributed by atoms with Gasteiger partial charge in [0.2, 0.25) is 0 Å². The third-order valence-corrected chi connectivity index (χ3v) is 3.42. The van der Waals surface area contributed by atoms with Gasteiger partial charge in [0, 0.05) is 25.1 Å². The predicted octanol–water partition coefficient (Wildman–Crippen LogP) is 2.25. The highest BCUT2D eigenvalue weighted by Gasteiger charge is 2.31. The standard InChI is InChI=1S/C13H13ClFNO5/c1-20-12(17)8-2-9(14)11(3-10(8)15)21-6-7-4-16(5-7)13(18)19/h2-3,7H,4-6H2,1H3,(H,18,19). The fourth-order valence-corrected chi connectivity index (χ4v) is 2.16. The zero-order valence-corrected chi connectivity index (χ0v) is 11.9. The van der Waals surface area contributed by atoms with Crippen LogP contribution in [-0.2, 0) is 4.74 Å². The van der Waals surface area contributed by atoms with E-state index in [1.807, 2.05) is 0 Å².